The van der Waals surface area contributed by atoms with Gasteiger partial charge in [-0.15, -0.1) is 0 Å². The van der Waals surface area contributed by atoms with Gasteiger partial charge in [0.25, 0.3) is 5.56 Å². The average Bonchev–Trinajstić information content (AvgIpc) is 3.65. The van der Waals surface area contributed by atoms with Gasteiger partial charge in [-0.2, -0.15) is 0 Å². The summed E-state index contributed by atoms with van der Waals surface area (Å²) in [7, 11) is 1.34. The van der Waals surface area contributed by atoms with Gasteiger partial charge in [0.05, 0.1) is 12.6 Å². The van der Waals surface area contributed by atoms with Gasteiger partial charge in [-0.3, -0.25) is 9.36 Å². The largest absolute Gasteiger partial charge is 0.465 e. The van der Waals surface area contributed by atoms with Crippen molar-refractivity contribution in [2.45, 2.75) is 18.8 Å². The molecule has 2 heterocycles. The van der Waals surface area contributed by atoms with E-state index in [-0.39, 0.29) is 11.4 Å². The van der Waals surface area contributed by atoms with Gasteiger partial charge in [0.1, 0.15) is 11.3 Å². The molecule has 6 nitrogen and oxygen atoms in total. The van der Waals surface area contributed by atoms with Crippen LogP contribution in [0.5, 0.6) is 11.6 Å². The molecule has 0 spiro atoms. The van der Waals surface area contributed by atoms with Crippen molar-refractivity contribution in [3.8, 4) is 17.3 Å². The summed E-state index contributed by atoms with van der Waals surface area (Å²) in [6.07, 6.45) is 3.95. The Morgan fingerprint density at radius 2 is 1.84 bits per heavy atom. The van der Waals surface area contributed by atoms with Crippen molar-refractivity contribution in [3.63, 3.8) is 0 Å². The maximum atomic E-state index is 12.6. The second kappa shape index (κ2) is 7.72. The molecule has 0 atom stereocenters. The summed E-state index contributed by atoms with van der Waals surface area (Å²) in [4.78, 5) is 29.4. The molecular weight excluding hydrogens is 392 g/mol. The fourth-order valence-corrected chi connectivity index (χ4v) is 3.73. The number of aromatic nitrogens is 2. The maximum Gasteiger partial charge on any atom is 0.343 e. The number of carbonyl (C=O) groups is 1. The number of benzene rings is 2. The van der Waals surface area contributed by atoms with E-state index in [1.54, 1.807) is 29.0 Å². The monoisotopic (exact) mass is 412 g/mol. The molecule has 0 bridgehead atoms. The summed E-state index contributed by atoms with van der Waals surface area (Å²) in [5.41, 5.74) is 2.63. The van der Waals surface area contributed by atoms with Crippen molar-refractivity contribution in [2.75, 3.05) is 7.11 Å². The minimum absolute atomic E-state index is 0.141. The van der Waals surface area contributed by atoms with E-state index in [1.165, 1.54) is 13.2 Å². The molecule has 1 aliphatic carbocycles. The summed E-state index contributed by atoms with van der Waals surface area (Å²) in [5, 5.41) is 0.731. The standard InChI is InChI=1S/C25H20N2O4/c1-30-25(29)20-14-17(16-10-11-16)15-26-24(20)31-22-9-5-8-21-19(22)12-13-23(28)27(21)18-6-3-2-4-7-18/h2-9,12-16H,10-11H2,1H3. The number of hydrogen-bond donors (Lipinski definition) is 0. The number of pyridine rings is 2. The van der Waals surface area contributed by atoms with Crippen LogP contribution in [0.4, 0.5) is 0 Å². The minimum Gasteiger partial charge on any atom is -0.465 e. The van der Waals surface area contributed by atoms with Crippen LogP contribution in [0.2, 0.25) is 0 Å². The van der Waals surface area contributed by atoms with Crippen molar-refractivity contribution in [2.24, 2.45) is 0 Å². The van der Waals surface area contributed by atoms with E-state index in [0.717, 1.165) is 29.5 Å². The predicted molar refractivity (Wildman–Crippen MR) is 117 cm³/mol. The predicted octanol–water partition coefficient (Wildman–Crippen LogP) is 4.84. The lowest BCUT2D eigenvalue weighted by atomic mass is 10.1. The third-order valence-electron chi connectivity index (χ3n) is 5.44. The molecule has 154 valence electrons. The van der Waals surface area contributed by atoms with E-state index in [0.29, 0.717) is 22.7 Å². The van der Waals surface area contributed by atoms with Crippen molar-refractivity contribution in [1.82, 2.24) is 9.55 Å². The number of esters is 1. The summed E-state index contributed by atoms with van der Waals surface area (Å²) >= 11 is 0. The molecule has 2 aromatic heterocycles. The Hall–Kier alpha value is -3.93. The van der Waals surface area contributed by atoms with Gasteiger partial charge in [-0.05, 0) is 60.7 Å². The topological polar surface area (TPSA) is 70.4 Å². The molecular formula is C25H20N2O4. The Labute approximate surface area is 178 Å². The highest BCUT2D eigenvalue weighted by Crippen LogP contribution is 2.41. The maximum absolute atomic E-state index is 12.6. The second-order valence-electron chi connectivity index (χ2n) is 7.52. The van der Waals surface area contributed by atoms with Gasteiger partial charge in [0.2, 0.25) is 5.88 Å². The number of para-hydroxylation sites is 1. The Bertz CT molecular complexity index is 1340. The number of fused-ring (bicyclic) bond motifs is 1. The smallest absolute Gasteiger partial charge is 0.343 e. The van der Waals surface area contributed by atoms with Gasteiger partial charge >= 0.3 is 5.97 Å². The Morgan fingerprint density at radius 3 is 2.58 bits per heavy atom. The van der Waals surface area contributed by atoms with Gasteiger partial charge in [-0.1, -0.05) is 24.3 Å². The lowest BCUT2D eigenvalue weighted by Gasteiger charge is -2.14. The molecule has 5 rings (SSSR count). The molecule has 6 heteroatoms. The van der Waals surface area contributed by atoms with Crippen molar-refractivity contribution in [3.05, 3.63) is 94.4 Å². The minimum atomic E-state index is -0.494. The van der Waals surface area contributed by atoms with Crippen LogP contribution >= 0.6 is 0 Å². The molecule has 0 radical (unpaired) electrons. The Morgan fingerprint density at radius 1 is 1.03 bits per heavy atom. The number of ether oxygens (including phenoxy) is 2. The first-order valence-electron chi connectivity index (χ1n) is 10.1. The molecule has 1 fully saturated rings. The van der Waals surface area contributed by atoms with Crippen LogP contribution in [0.25, 0.3) is 16.6 Å². The van der Waals surface area contributed by atoms with Crippen LogP contribution < -0.4 is 10.3 Å². The van der Waals surface area contributed by atoms with Crippen molar-refractivity contribution >= 4 is 16.9 Å². The van der Waals surface area contributed by atoms with Crippen LogP contribution in [0.3, 0.4) is 0 Å². The fraction of sp³-hybridized carbons (Fsp3) is 0.160. The molecule has 31 heavy (non-hydrogen) atoms. The van der Waals surface area contributed by atoms with Crippen LogP contribution in [0, 0.1) is 0 Å². The zero-order valence-electron chi connectivity index (χ0n) is 16.9. The van der Waals surface area contributed by atoms with Crippen LogP contribution in [-0.4, -0.2) is 22.6 Å². The van der Waals surface area contributed by atoms with Gasteiger partial charge in [-0.25, -0.2) is 9.78 Å². The van der Waals surface area contributed by atoms with Crippen molar-refractivity contribution < 1.29 is 14.3 Å². The Balaban J connectivity index is 1.62. The summed E-state index contributed by atoms with van der Waals surface area (Å²) in [6, 6.07) is 19.9. The van der Waals surface area contributed by atoms with Crippen LogP contribution in [-0.2, 0) is 4.74 Å². The van der Waals surface area contributed by atoms with E-state index >= 15 is 0 Å². The third-order valence-corrected chi connectivity index (χ3v) is 5.44. The average molecular weight is 412 g/mol. The normalized spacial score (nSPS) is 13.2. The number of hydrogen-bond acceptors (Lipinski definition) is 5. The molecule has 1 aliphatic rings. The molecule has 0 aliphatic heterocycles. The molecule has 0 N–H and O–H groups in total. The molecule has 1 saturated carbocycles. The first-order valence-corrected chi connectivity index (χ1v) is 10.1. The fourth-order valence-electron chi connectivity index (χ4n) is 3.73. The quantitative estimate of drug-likeness (QED) is 0.439. The van der Waals surface area contributed by atoms with Crippen LogP contribution in [0.1, 0.15) is 34.7 Å². The zero-order chi connectivity index (χ0) is 21.4. The molecule has 4 aromatic rings. The van der Waals surface area contributed by atoms with Crippen LogP contribution in [0.15, 0.2) is 77.7 Å². The third kappa shape index (κ3) is 3.57. The first-order chi connectivity index (χ1) is 15.2. The summed E-state index contributed by atoms with van der Waals surface area (Å²) in [5.74, 6) is 0.634. The van der Waals surface area contributed by atoms with E-state index in [1.807, 2.05) is 42.5 Å². The molecule has 0 unspecified atom stereocenters. The number of carbonyl (C=O) groups excluding carboxylic acids is 1. The van der Waals surface area contributed by atoms with E-state index in [2.05, 4.69) is 4.98 Å². The van der Waals surface area contributed by atoms with E-state index in [9.17, 15) is 9.59 Å². The highest BCUT2D eigenvalue weighted by Gasteiger charge is 2.27. The van der Waals surface area contributed by atoms with Gasteiger partial charge in [0, 0.05) is 23.3 Å². The summed E-state index contributed by atoms with van der Waals surface area (Å²) < 4.78 is 12.7. The number of rotatable bonds is 5. The van der Waals surface area contributed by atoms with E-state index in [4.69, 9.17) is 9.47 Å². The highest BCUT2D eigenvalue weighted by molar-refractivity contribution is 5.93. The van der Waals surface area contributed by atoms with Gasteiger partial charge in [0.15, 0.2) is 0 Å². The molecule has 0 saturated heterocycles. The number of methoxy groups -OCH3 is 1. The summed E-state index contributed by atoms with van der Waals surface area (Å²) in [6.45, 7) is 0. The van der Waals surface area contributed by atoms with E-state index < -0.39 is 5.97 Å². The SMILES string of the molecule is COC(=O)c1cc(C2CC2)cnc1Oc1cccc2c1ccc(=O)n2-c1ccccc1. The lowest BCUT2D eigenvalue weighted by molar-refractivity contribution is 0.0597. The highest BCUT2D eigenvalue weighted by atomic mass is 16.5. The second-order valence-corrected chi connectivity index (χ2v) is 7.52. The molecule has 2 aromatic carbocycles. The Kier molecular flexibility index (Phi) is 4.75. The first kappa shape index (κ1) is 19.1. The molecule has 0 amide bonds. The lowest BCUT2D eigenvalue weighted by Crippen LogP contribution is -2.17. The zero-order valence-corrected chi connectivity index (χ0v) is 16.9. The van der Waals surface area contributed by atoms with Crippen molar-refractivity contribution in [1.29, 1.82) is 0 Å². The van der Waals surface area contributed by atoms with Gasteiger partial charge < -0.3 is 9.47 Å². The number of nitrogens with zero attached hydrogens (tertiary/aromatic N) is 2.